The third-order valence-electron chi connectivity index (χ3n) is 19.3. The third kappa shape index (κ3) is 37.2. The molecular weight excluding hydrogens is 949 g/mol. The first-order valence-electron chi connectivity index (χ1n) is 35.2. The standard InChI is InChI=1S/C70H134N2O5/c1-5-8-11-14-23-32-41-63-56-66(63)44-35-26-17-20-29-38-53-74-59-70(62-77-69(73)47-48-72-51-49-71(4)50-52-72,60-75-54-39-30-21-18-27-36-45-67-57-64(67)42-33-24-15-12-9-6-2)61-76-55-40-31-22-19-28-37-46-68-58-65(68)43-34-25-16-13-10-7-3/h63-68H,5-62H2,1-4H3. The molecule has 1 saturated heterocycles. The number of hydrogen-bond donors (Lipinski definition) is 0. The molecule has 7 heteroatoms. The molecule has 7 nitrogen and oxygen atoms in total. The van der Waals surface area contributed by atoms with Crippen LogP contribution < -0.4 is 0 Å². The molecule has 4 aliphatic rings. The van der Waals surface area contributed by atoms with Crippen LogP contribution in [0.4, 0.5) is 0 Å². The van der Waals surface area contributed by atoms with E-state index < -0.39 is 5.41 Å². The Morgan fingerprint density at radius 1 is 0.364 bits per heavy atom. The summed E-state index contributed by atoms with van der Waals surface area (Å²) < 4.78 is 25.9. The second-order valence-electron chi connectivity index (χ2n) is 26.9. The van der Waals surface area contributed by atoms with Gasteiger partial charge in [0.25, 0.3) is 0 Å². The number of carbonyl (C=O) groups is 1. The van der Waals surface area contributed by atoms with E-state index in [0.29, 0.717) is 32.8 Å². The molecule has 0 aromatic rings. The molecule has 1 aliphatic heterocycles. The van der Waals surface area contributed by atoms with E-state index in [1.54, 1.807) is 0 Å². The molecule has 0 N–H and O–H groups in total. The molecule has 0 aromatic heterocycles. The number of likely N-dealkylation sites (N-methyl/N-ethyl adjacent to an activating group) is 1. The van der Waals surface area contributed by atoms with Gasteiger partial charge in [-0.1, -0.05) is 271 Å². The highest BCUT2D eigenvalue weighted by Gasteiger charge is 2.37. The summed E-state index contributed by atoms with van der Waals surface area (Å²) in [6, 6.07) is 0. The van der Waals surface area contributed by atoms with Crippen molar-refractivity contribution in [1.29, 1.82) is 0 Å². The van der Waals surface area contributed by atoms with Crippen LogP contribution in [0.15, 0.2) is 0 Å². The molecule has 6 unspecified atom stereocenters. The highest BCUT2D eigenvalue weighted by Crippen LogP contribution is 2.47. The lowest BCUT2D eigenvalue weighted by molar-refractivity contribution is -0.156. The first-order valence-corrected chi connectivity index (χ1v) is 35.2. The molecule has 454 valence electrons. The minimum Gasteiger partial charge on any atom is -0.465 e. The molecule has 77 heavy (non-hydrogen) atoms. The quantitative estimate of drug-likeness (QED) is 0.0444. The van der Waals surface area contributed by atoms with Gasteiger partial charge >= 0.3 is 5.97 Å². The van der Waals surface area contributed by atoms with E-state index in [9.17, 15) is 4.79 Å². The van der Waals surface area contributed by atoms with Crippen molar-refractivity contribution >= 4 is 5.97 Å². The molecule has 3 saturated carbocycles. The van der Waals surface area contributed by atoms with Crippen molar-refractivity contribution in [2.45, 2.75) is 316 Å². The molecule has 0 radical (unpaired) electrons. The highest BCUT2D eigenvalue weighted by molar-refractivity contribution is 5.69. The van der Waals surface area contributed by atoms with E-state index in [0.717, 1.165) is 107 Å². The minimum absolute atomic E-state index is 0.103. The number of carbonyl (C=O) groups excluding carboxylic acids is 1. The Kier molecular flexibility index (Phi) is 41.7. The van der Waals surface area contributed by atoms with Crippen molar-refractivity contribution in [1.82, 2.24) is 9.80 Å². The van der Waals surface area contributed by atoms with Gasteiger partial charge in [0.05, 0.1) is 31.7 Å². The molecule has 3 aliphatic carbocycles. The summed E-state index contributed by atoms with van der Waals surface area (Å²) in [5.74, 6) is 6.19. The Balaban J connectivity index is 1.14. The molecular formula is C70H134N2O5. The Hall–Kier alpha value is -0.730. The van der Waals surface area contributed by atoms with Gasteiger partial charge in [-0.25, -0.2) is 0 Å². The van der Waals surface area contributed by atoms with Crippen LogP contribution in [0.3, 0.4) is 0 Å². The van der Waals surface area contributed by atoms with Crippen molar-refractivity contribution < 1.29 is 23.7 Å². The minimum atomic E-state index is -0.495. The van der Waals surface area contributed by atoms with Gasteiger partial charge in [0.2, 0.25) is 0 Å². The SMILES string of the molecule is CCCCCCCCC1CC1CCCCCCCCOCC(COCCCCCCCCC1CC1CCCCCCCC)(COCCCCCCCCC1CC1CCCCCCCC)COC(=O)CCN1CCN(C)CC1. The number of nitrogens with zero attached hydrogens (tertiary/aromatic N) is 2. The van der Waals surface area contributed by atoms with Crippen molar-refractivity contribution in [3.8, 4) is 0 Å². The van der Waals surface area contributed by atoms with Crippen molar-refractivity contribution in [3.05, 3.63) is 0 Å². The molecule has 0 spiro atoms. The normalized spacial score (nSPS) is 22.2. The smallest absolute Gasteiger partial charge is 0.307 e. The molecule has 6 atom stereocenters. The summed E-state index contributed by atoms with van der Waals surface area (Å²) in [6.07, 6.45) is 63.0. The average molecular weight is 1080 g/mol. The summed E-state index contributed by atoms with van der Waals surface area (Å²) >= 11 is 0. The average Bonchev–Trinajstić information content (AvgIpc) is 4.39. The maximum Gasteiger partial charge on any atom is 0.307 e. The van der Waals surface area contributed by atoms with Crippen LogP contribution in [0.5, 0.6) is 0 Å². The number of hydrogen-bond acceptors (Lipinski definition) is 7. The van der Waals surface area contributed by atoms with E-state index in [1.165, 1.54) is 270 Å². The summed E-state index contributed by atoms with van der Waals surface area (Å²) in [6.45, 7) is 16.0. The molecule has 0 amide bonds. The van der Waals surface area contributed by atoms with Crippen LogP contribution in [-0.4, -0.2) is 102 Å². The number of ether oxygens (including phenoxy) is 4. The van der Waals surface area contributed by atoms with Crippen LogP contribution in [0.1, 0.15) is 316 Å². The van der Waals surface area contributed by atoms with Gasteiger partial charge in [0.15, 0.2) is 0 Å². The summed E-state index contributed by atoms with van der Waals surface area (Å²) in [4.78, 5) is 18.2. The van der Waals surface area contributed by atoms with Gasteiger partial charge in [-0.3, -0.25) is 4.79 Å². The van der Waals surface area contributed by atoms with Gasteiger partial charge in [-0.2, -0.15) is 0 Å². The number of esters is 1. The van der Waals surface area contributed by atoms with Crippen LogP contribution in [0.25, 0.3) is 0 Å². The Morgan fingerprint density at radius 2 is 0.636 bits per heavy atom. The number of unbranched alkanes of at least 4 members (excludes halogenated alkanes) is 30. The topological polar surface area (TPSA) is 60.5 Å². The summed E-state index contributed by atoms with van der Waals surface area (Å²) in [5.41, 5.74) is -0.495. The Bertz CT molecular complexity index is 1200. The zero-order valence-corrected chi connectivity index (χ0v) is 52.4. The zero-order valence-electron chi connectivity index (χ0n) is 52.4. The second kappa shape index (κ2) is 46.7. The van der Waals surface area contributed by atoms with E-state index >= 15 is 0 Å². The molecule has 0 bridgehead atoms. The maximum absolute atomic E-state index is 13.4. The predicted octanol–water partition coefficient (Wildman–Crippen LogP) is 19.6. The summed E-state index contributed by atoms with van der Waals surface area (Å²) in [5, 5.41) is 0. The van der Waals surface area contributed by atoms with Gasteiger partial charge in [0.1, 0.15) is 6.61 Å². The van der Waals surface area contributed by atoms with Gasteiger partial charge < -0.3 is 28.7 Å². The first-order chi connectivity index (χ1) is 37.9. The number of piperazine rings is 1. The van der Waals surface area contributed by atoms with E-state index in [2.05, 4.69) is 37.6 Å². The monoisotopic (exact) mass is 1080 g/mol. The molecule has 0 aromatic carbocycles. The van der Waals surface area contributed by atoms with E-state index in [4.69, 9.17) is 18.9 Å². The maximum atomic E-state index is 13.4. The zero-order chi connectivity index (χ0) is 54.5. The van der Waals surface area contributed by atoms with Crippen LogP contribution in [0.2, 0.25) is 0 Å². The van der Waals surface area contributed by atoms with E-state index in [-0.39, 0.29) is 5.97 Å². The van der Waals surface area contributed by atoms with Crippen LogP contribution in [-0.2, 0) is 23.7 Å². The fourth-order valence-corrected chi connectivity index (χ4v) is 13.3. The van der Waals surface area contributed by atoms with Crippen molar-refractivity contribution in [3.63, 3.8) is 0 Å². The molecule has 4 rings (SSSR count). The molecule has 1 heterocycles. The van der Waals surface area contributed by atoms with E-state index in [1.807, 2.05) is 0 Å². The summed E-state index contributed by atoms with van der Waals surface area (Å²) in [7, 11) is 2.18. The number of rotatable bonds is 59. The Labute approximate surface area is 480 Å². The fraction of sp³-hybridized carbons (Fsp3) is 0.986. The predicted molar refractivity (Wildman–Crippen MR) is 330 cm³/mol. The lowest BCUT2D eigenvalue weighted by Crippen LogP contribution is -2.45. The lowest BCUT2D eigenvalue weighted by atomic mass is 9.92. The Morgan fingerprint density at radius 3 is 0.935 bits per heavy atom. The van der Waals surface area contributed by atoms with Gasteiger partial charge in [0, 0.05) is 52.5 Å². The molecule has 4 fully saturated rings. The van der Waals surface area contributed by atoms with Gasteiger partial charge in [-0.05, 0) is 81.1 Å². The van der Waals surface area contributed by atoms with Crippen LogP contribution in [0, 0.1) is 40.9 Å². The highest BCUT2D eigenvalue weighted by atomic mass is 16.5. The second-order valence-corrected chi connectivity index (χ2v) is 26.9. The van der Waals surface area contributed by atoms with Crippen molar-refractivity contribution in [2.75, 3.05) is 86.0 Å². The lowest BCUT2D eigenvalue weighted by Gasteiger charge is -2.33. The van der Waals surface area contributed by atoms with Crippen LogP contribution >= 0.6 is 0 Å². The fourth-order valence-electron chi connectivity index (χ4n) is 13.3. The van der Waals surface area contributed by atoms with Gasteiger partial charge in [-0.15, -0.1) is 0 Å². The largest absolute Gasteiger partial charge is 0.465 e. The third-order valence-corrected chi connectivity index (χ3v) is 19.3. The van der Waals surface area contributed by atoms with Crippen molar-refractivity contribution in [2.24, 2.45) is 40.9 Å². The first kappa shape index (κ1) is 68.8.